The molecule has 1 aromatic rings. The van der Waals surface area contributed by atoms with Crippen molar-refractivity contribution in [2.45, 2.75) is 26.3 Å². The lowest BCUT2D eigenvalue weighted by molar-refractivity contribution is 0.549. The van der Waals surface area contributed by atoms with E-state index in [0.29, 0.717) is 6.42 Å². The van der Waals surface area contributed by atoms with Crippen LogP contribution in [-0.4, -0.2) is 16.5 Å². The third-order valence-electron chi connectivity index (χ3n) is 1.93. The van der Waals surface area contributed by atoms with Gasteiger partial charge in [-0.2, -0.15) is 0 Å². The van der Waals surface area contributed by atoms with Crippen molar-refractivity contribution in [2.75, 3.05) is 6.54 Å². The second kappa shape index (κ2) is 5.36. The molecule has 74 valence electrons. The van der Waals surface area contributed by atoms with Gasteiger partial charge in [-0.3, -0.25) is 9.97 Å². The van der Waals surface area contributed by atoms with Gasteiger partial charge in [0.15, 0.2) is 0 Å². The van der Waals surface area contributed by atoms with Crippen LogP contribution in [0.1, 0.15) is 30.8 Å². The lowest BCUT2D eigenvalue weighted by atomic mass is 10.1. The van der Waals surface area contributed by atoms with Crippen molar-refractivity contribution < 1.29 is 0 Å². The Kier molecular flexibility index (Phi) is 4.09. The molecule has 0 amide bonds. The van der Waals surface area contributed by atoms with Gasteiger partial charge in [-0.1, -0.05) is 6.92 Å². The van der Waals surface area contributed by atoms with Gasteiger partial charge in [0.1, 0.15) is 0 Å². The second-order valence-electron chi connectivity index (χ2n) is 3.10. The molecule has 3 nitrogen and oxygen atoms in total. The monoisotopic (exact) mass is 189 g/mol. The highest BCUT2D eigenvalue weighted by molar-refractivity contribution is 5.08. The molecule has 0 aliphatic rings. The summed E-state index contributed by atoms with van der Waals surface area (Å²) in [5.74, 6) is 2.64. The van der Waals surface area contributed by atoms with Gasteiger partial charge in [-0.05, 0) is 13.5 Å². The van der Waals surface area contributed by atoms with E-state index in [1.807, 2.05) is 13.8 Å². The number of aryl methyl sites for hydroxylation is 1. The summed E-state index contributed by atoms with van der Waals surface area (Å²) < 4.78 is 0. The minimum absolute atomic E-state index is 0.123. The fourth-order valence-electron chi connectivity index (χ4n) is 1.23. The fourth-order valence-corrected chi connectivity index (χ4v) is 1.23. The van der Waals surface area contributed by atoms with Crippen LogP contribution in [0.25, 0.3) is 0 Å². The summed E-state index contributed by atoms with van der Waals surface area (Å²) >= 11 is 0. The predicted molar refractivity (Wildman–Crippen MR) is 56.6 cm³/mol. The molecule has 0 saturated heterocycles. The van der Waals surface area contributed by atoms with Crippen LogP contribution in [0.2, 0.25) is 0 Å². The summed E-state index contributed by atoms with van der Waals surface area (Å²) in [4.78, 5) is 8.49. The molecule has 0 aliphatic carbocycles. The first-order valence-electron chi connectivity index (χ1n) is 4.73. The first kappa shape index (κ1) is 10.7. The summed E-state index contributed by atoms with van der Waals surface area (Å²) in [5, 5.41) is 3.27. The zero-order valence-corrected chi connectivity index (χ0v) is 8.62. The van der Waals surface area contributed by atoms with Crippen molar-refractivity contribution in [2.24, 2.45) is 0 Å². The first-order chi connectivity index (χ1) is 6.77. The van der Waals surface area contributed by atoms with Crippen molar-refractivity contribution in [3.8, 4) is 12.3 Å². The number of nitrogens with one attached hydrogen (secondary N) is 1. The molecule has 0 saturated carbocycles. The average Bonchev–Trinajstić information content (AvgIpc) is 2.19. The molecule has 0 aromatic carbocycles. The van der Waals surface area contributed by atoms with Gasteiger partial charge in [0.05, 0.1) is 23.6 Å². The van der Waals surface area contributed by atoms with Crippen molar-refractivity contribution in [3.05, 3.63) is 23.8 Å². The minimum Gasteiger partial charge on any atom is -0.308 e. The number of aromatic nitrogens is 2. The van der Waals surface area contributed by atoms with E-state index in [0.717, 1.165) is 17.9 Å². The van der Waals surface area contributed by atoms with Gasteiger partial charge in [-0.15, -0.1) is 12.3 Å². The summed E-state index contributed by atoms with van der Waals surface area (Å²) in [5.41, 5.74) is 1.83. The summed E-state index contributed by atoms with van der Waals surface area (Å²) in [6.07, 6.45) is 9.47. The van der Waals surface area contributed by atoms with E-state index in [1.165, 1.54) is 0 Å². The maximum Gasteiger partial charge on any atom is 0.0766 e. The third kappa shape index (κ3) is 2.82. The highest BCUT2D eigenvalue weighted by Gasteiger charge is 2.09. The summed E-state index contributed by atoms with van der Waals surface area (Å²) in [6.45, 7) is 4.84. The molecule has 1 atom stereocenters. The van der Waals surface area contributed by atoms with E-state index in [9.17, 15) is 0 Å². The van der Waals surface area contributed by atoms with E-state index in [-0.39, 0.29) is 6.04 Å². The van der Waals surface area contributed by atoms with Crippen LogP contribution in [0.15, 0.2) is 12.4 Å². The summed E-state index contributed by atoms with van der Waals surface area (Å²) in [7, 11) is 0. The SMILES string of the molecule is C#CCC(NCC)c1cnc(C)cn1. The number of terminal acetylenes is 1. The third-order valence-corrected chi connectivity index (χ3v) is 1.93. The first-order valence-corrected chi connectivity index (χ1v) is 4.73. The molecule has 0 spiro atoms. The zero-order chi connectivity index (χ0) is 10.4. The van der Waals surface area contributed by atoms with Gasteiger partial charge < -0.3 is 5.32 Å². The summed E-state index contributed by atoms with van der Waals surface area (Å²) in [6, 6.07) is 0.123. The van der Waals surface area contributed by atoms with Gasteiger partial charge in [-0.25, -0.2) is 0 Å². The fraction of sp³-hybridized carbons (Fsp3) is 0.455. The molecular weight excluding hydrogens is 174 g/mol. The molecule has 0 aliphatic heterocycles. The Morgan fingerprint density at radius 1 is 1.50 bits per heavy atom. The smallest absolute Gasteiger partial charge is 0.0766 e. The maximum atomic E-state index is 5.29. The largest absolute Gasteiger partial charge is 0.308 e. The van der Waals surface area contributed by atoms with Crippen molar-refractivity contribution in [1.82, 2.24) is 15.3 Å². The number of rotatable bonds is 4. The molecule has 1 N–H and O–H groups in total. The highest BCUT2D eigenvalue weighted by atomic mass is 14.9. The second-order valence-corrected chi connectivity index (χ2v) is 3.10. The lowest BCUT2D eigenvalue weighted by Gasteiger charge is -2.13. The van der Waals surface area contributed by atoms with E-state index < -0.39 is 0 Å². The van der Waals surface area contributed by atoms with Crippen molar-refractivity contribution in [3.63, 3.8) is 0 Å². The van der Waals surface area contributed by atoms with Gasteiger partial charge in [0.25, 0.3) is 0 Å². The Bertz CT molecular complexity index is 310. The average molecular weight is 189 g/mol. The van der Waals surface area contributed by atoms with E-state index >= 15 is 0 Å². The Morgan fingerprint density at radius 3 is 2.79 bits per heavy atom. The predicted octanol–water partition coefficient (Wildman–Crippen LogP) is 1.46. The molecule has 0 bridgehead atoms. The molecule has 0 radical (unpaired) electrons. The van der Waals surface area contributed by atoms with Crippen LogP contribution >= 0.6 is 0 Å². The molecule has 1 heterocycles. The Hall–Kier alpha value is -1.40. The zero-order valence-electron chi connectivity index (χ0n) is 8.62. The topological polar surface area (TPSA) is 37.8 Å². The lowest BCUT2D eigenvalue weighted by Crippen LogP contribution is -2.21. The van der Waals surface area contributed by atoms with Gasteiger partial charge >= 0.3 is 0 Å². The van der Waals surface area contributed by atoms with Crippen LogP contribution in [0, 0.1) is 19.3 Å². The van der Waals surface area contributed by atoms with Crippen molar-refractivity contribution in [1.29, 1.82) is 0 Å². The molecule has 14 heavy (non-hydrogen) atoms. The van der Waals surface area contributed by atoms with Crippen LogP contribution in [0.4, 0.5) is 0 Å². The molecule has 1 aromatic heterocycles. The van der Waals surface area contributed by atoms with Crippen LogP contribution in [0.5, 0.6) is 0 Å². The molecule has 1 unspecified atom stereocenters. The molecule has 0 fully saturated rings. The Balaban J connectivity index is 2.77. The van der Waals surface area contributed by atoms with E-state index in [4.69, 9.17) is 6.42 Å². The number of hydrogen-bond acceptors (Lipinski definition) is 3. The van der Waals surface area contributed by atoms with Crippen LogP contribution < -0.4 is 5.32 Å². The number of hydrogen-bond donors (Lipinski definition) is 1. The maximum absolute atomic E-state index is 5.29. The normalized spacial score (nSPS) is 12.1. The molecular formula is C11H15N3. The quantitative estimate of drug-likeness (QED) is 0.729. The molecule has 3 heteroatoms. The minimum atomic E-state index is 0.123. The van der Waals surface area contributed by atoms with Gasteiger partial charge in [0.2, 0.25) is 0 Å². The molecule has 1 rings (SSSR count). The van der Waals surface area contributed by atoms with Crippen LogP contribution in [0.3, 0.4) is 0 Å². The Morgan fingerprint density at radius 2 is 2.29 bits per heavy atom. The van der Waals surface area contributed by atoms with Crippen molar-refractivity contribution >= 4 is 0 Å². The van der Waals surface area contributed by atoms with E-state index in [1.54, 1.807) is 12.4 Å². The van der Waals surface area contributed by atoms with E-state index in [2.05, 4.69) is 21.2 Å². The highest BCUT2D eigenvalue weighted by Crippen LogP contribution is 2.12. The standard InChI is InChI=1S/C11H15N3/c1-4-6-10(12-5-2)11-8-13-9(3)7-14-11/h1,7-8,10,12H,5-6H2,2-3H3. The van der Waals surface area contributed by atoms with Crippen LogP contribution in [-0.2, 0) is 0 Å². The number of nitrogens with zero attached hydrogens (tertiary/aromatic N) is 2. The van der Waals surface area contributed by atoms with Gasteiger partial charge in [0, 0.05) is 12.6 Å². The Labute approximate surface area is 85.0 Å².